The van der Waals surface area contributed by atoms with Crippen molar-refractivity contribution in [3.05, 3.63) is 54.6 Å². The van der Waals surface area contributed by atoms with Gasteiger partial charge in [-0.25, -0.2) is 4.79 Å². The van der Waals surface area contributed by atoms with Crippen molar-refractivity contribution >= 4 is 11.7 Å². The van der Waals surface area contributed by atoms with E-state index in [2.05, 4.69) is 10.6 Å². The first kappa shape index (κ1) is 16.0. The second-order valence-corrected chi connectivity index (χ2v) is 4.68. The van der Waals surface area contributed by atoms with Gasteiger partial charge in [-0.2, -0.15) is 0 Å². The Morgan fingerprint density at radius 1 is 0.955 bits per heavy atom. The van der Waals surface area contributed by atoms with Crippen LogP contribution in [-0.2, 0) is 9.47 Å². The fourth-order valence-electron chi connectivity index (χ4n) is 1.99. The fourth-order valence-corrected chi connectivity index (χ4v) is 1.99. The monoisotopic (exact) mass is 300 g/mol. The molecule has 2 rings (SSSR count). The second kappa shape index (κ2) is 8.17. The van der Waals surface area contributed by atoms with Crippen molar-refractivity contribution in [2.75, 3.05) is 26.1 Å². The van der Waals surface area contributed by atoms with Crippen LogP contribution in [0.3, 0.4) is 0 Å². The van der Waals surface area contributed by atoms with E-state index in [1.165, 1.54) is 14.2 Å². The number of methoxy groups -OCH3 is 2. The van der Waals surface area contributed by atoms with Gasteiger partial charge in [0.2, 0.25) is 0 Å². The van der Waals surface area contributed by atoms with Crippen LogP contribution >= 0.6 is 0 Å². The minimum Gasteiger partial charge on any atom is -0.354 e. The zero-order valence-electron chi connectivity index (χ0n) is 12.7. The van der Waals surface area contributed by atoms with Crippen LogP contribution in [0.2, 0.25) is 0 Å². The van der Waals surface area contributed by atoms with Gasteiger partial charge in [0.05, 0.1) is 6.54 Å². The molecular formula is C17H20N2O3. The quantitative estimate of drug-likeness (QED) is 0.806. The van der Waals surface area contributed by atoms with E-state index in [9.17, 15) is 4.79 Å². The Morgan fingerprint density at radius 3 is 2.14 bits per heavy atom. The van der Waals surface area contributed by atoms with Crippen LogP contribution in [0.15, 0.2) is 54.6 Å². The smallest absolute Gasteiger partial charge is 0.319 e. The molecule has 0 aromatic heterocycles. The number of hydrogen-bond donors (Lipinski definition) is 2. The number of carbonyl (C=O) groups is 1. The van der Waals surface area contributed by atoms with Crippen LogP contribution in [0.25, 0.3) is 11.1 Å². The van der Waals surface area contributed by atoms with Crippen molar-refractivity contribution in [3.8, 4) is 11.1 Å². The zero-order chi connectivity index (χ0) is 15.8. The van der Waals surface area contributed by atoms with Crippen molar-refractivity contribution in [1.29, 1.82) is 0 Å². The van der Waals surface area contributed by atoms with Crippen LogP contribution in [0.1, 0.15) is 0 Å². The molecule has 0 saturated carbocycles. The highest BCUT2D eigenvalue weighted by molar-refractivity contribution is 5.89. The first-order chi connectivity index (χ1) is 10.7. The maximum Gasteiger partial charge on any atom is 0.319 e. The molecule has 0 aliphatic heterocycles. The third-order valence-electron chi connectivity index (χ3n) is 3.20. The molecule has 0 spiro atoms. The molecular weight excluding hydrogens is 280 g/mol. The summed E-state index contributed by atoms with van der Waals surface area (Å²) in [6.07, 6.45) is -0.453. The molecule has 0 atom stereocenters. The summed E-state index contributed by atoms with van der Waals surface area (Å²) in [6, 6.07) is 17.4. The molecule has 2 aromatic carbocycles. The van der Waals surface area contributed by atoms with Crippen molar-refractivity contribution < 1.29 is 14.3 Å². The van der Waals surface area contributed by atoms with Crippen molar-refractivity contribution in [2.24, 2.45) is 0 Å². The van der Waals surface area contributed by atoms with Crippen LogP contribution in [0.5, 0.6) is 0 Å². The average molecular weight is 300 g/mol. The highest BCUT2D eigenvalue weighted by Crippen LogP contribution is 2.20. The van der Waals surface area contributed by atoms with Gasteiger partial charge in [-0.15, -0.1) is 0 Å². The van der Waals surface area contributed by atoms with E-state index < -0.39 is 6.29 Å². The van der Waals surface area contributed by atoms with Gasteiger partial charge in [0, 0.05) is 19.9 Å². The van der Waals surface area contributed by atoms with Gasteiger partial charge < -0.3 is 20.1 Å². The third kappa shape index (κ3) is 4.58. The summed E-state index contributed by atoms with van der Waals surface area (Å²) in [4.78, 5) is 11.8. The van der Waals surface area contributed by atoms with Gasteiger partial charge >= 0.3 is 6.03 Å². The van der Waals surface area contributed by atoms with Gasteiger partial charge in [0.1, 0.15) is 0 Å². The topological polar surface area (TPSA) is 59.6 Å². The number of nitrogens with one attached hydrogen (secondary N) is 2. The Morgan fingerprint density at radius 2 is 1.55 bits per heavy atom. The number of carbonyl (C=O) groups excluding carboxylic acids is 1. The predicted molar refractivity (Wildman–Crippen MR) is 86.7 cm³/mol. The summed E-state index contributed by atoms with van der Waals surface area (Å²) >= 11 is 0. The van der Waals surface area contributed by atoms with E-state index in [0.717, 1.165) is 16.8 Å². The number of rotatable bonds is 6. The number of anilines is 1. The molecule has 0 radical (unpaired) electrons. The van der Waals surface area contributed by atoms with Gasteiger partial charge in [0.25, 0.3) is 0 Å². The first-order valence-electron chi connectivity index (χ1n) is 6.99. The standard InChI is InChI=1S/C17H20N2O3/c1-21-16(22-2)12-18-17(20)19-15-10-8-14(9-11-15)13-6-4-3-5-7-13/h3-11,16H,12H2,1-2H3,(H2,18,19,20). The molecule has 0 aliphatic rings. The fraction of sp³-hybridized carbons (Fsp3) is 0.235. The van der Waals surface area contributed by atoms with Gasteiger partial charge in [-0.05, 0) is 23.3 Å². The average Bonchev–Trinajstić information content (AvgIpc) is 2.57. The largest absolute Gasteiger partial charge is 0.354 e. The van der Waals surface area contributed by atoms with Crippen molar-refractivity contribution in [3.63, 3.8) is 0 Å². The lowest BCUT2D eigenvalue weighted by Crippen LogP contribution is -2.36. The molecule has 116 valence electrons. The molecule has 0 heterocycles. The van der Waals surface area contributed by atoms with E-state index in [0.29, 0.717) is 0 Å². The Bertz CT molecular complexity index is 581. The number of amides is 2. The lowest BCUT2D eigenvalue weighted by Gasteiger charge is -2.14. The lowest BCUT2D eigenvalue weighted by atomic mass is 10.1. The maximum absolute atomic E-state index is 11.8. The lowest BCUT2D eigenvalue weighted by molar-refractivity contribution is -0.0970. The third-order valence-corrected chi connectivity index (χ3v) is 3.20. The van der Waals surface area contributed by atoms with E-state index in [4.69, 9.17) is 9.47 Å². The molecule has 0 fully saturated rings. The van der Waals surface area contributed by atoms with Crippen molar-refractivity contribution in [1.82, 2.24) is 5.32 Å². The minimum atomic E-state index is -0.453. The van der Waals surface area contributed by atoms with Crippen LogP contribution in [0, 0.1) is 0 Å². The number of urea groups is 1. The Kier molecular flexibility index (Phi) is 5.94. The molecule has 2 aromatic rings. The van der Waals surface area contributed by atoms with E-state index in [-0.39, 0.29) is 12.6 Å². The van der Waals surface area contributed by atoms with Crippen molar-refractivity contribution in [2.45, 2.75) is 6.29 Å². The zero-order valence-corrected chi connectivity index (χ0v) is 12.7. The van der Waals surface area contributed by atoms with Gasteiger partial charge in [-0.1, -0.05) is 42.5 Å². The van der Waals surface area contributed by atoms with Crippen LogP contribution in [-0.4, -0.2) is 33.1 Å². The molecule has 22 heavy (non-hydrogen) atoms. The number of hydrogen-bond acceptors (Lipinski definition) is 3. The predicted octanol–water partition coefficient (Wildman–Crippen LogP) is 3.09. The second-order valence-electron chi connectivity index (χ2n) is 4.68. The number of ether oxygens (including phenoxy) is 2. The summed E-state index contributed by atoms with van der Waals surface area (Å²) in [6.45, 7) is 0.279. The normalized spacial score (nSPS) is 10.5. The van der Waals surface area contributed by atoms with E-state index >= 15 is 0 Å². The summed E-state index contributed by atoms with van der Waals surface area (Å²) < 4.78 is 10.0. The molecule has 5 heteroatoms. The van der Waals surface area contributed by atoms with Gasteiger partial charge in [0.15, 0.2) is 6.29 Å². The summed E-state index contributed by atoms with van der Waals surface area (Å²) in [7, 11) is 3.05. The Labute approximate surface area is 130 Å². The molecule has 0 saturated heterocycles. The molecule has 2 N–H and O–H groups in total. The molecule has 0 bridgehead atoms. The van der Waals surface area contributed by atoms with E-state index in [1.807, 2.05) is 54.6 Å². The highest BCUT2D eigenvalue weighted by atomic mass is 16.7. The molecule has 0 unspecified atom stereocenters. The summed E-state index contributed by atoms with van der Waals surface area (Å²) in [5.41, 5.74) is 2.97. The SMILES string of the molecule is COC(CNC(=O)Nc1ccc(-c2ccccc2)cc1)OC. The molecule has 0 aliphatic carbocycles. The Balaban J connectivity index is 1.90. The summed E-state index contributed by atoms with van der Waals surface area (Å²) in [5.74, 6) is 0. The highest BCUT2D eigenvalue weighted by Gasteiger charge is 2.07. The first-order valence-corrected chi connectivity index (χ1v) is 6.99. The van der Waals surface area contributed by atoms with Crippen LogP contribution < -0.4 is 10.6 Å². The summed E-state index contributed by atoms with van der Waals surface area (Å²) in [5, 5.41) is 5.44. The van der Waals surface area contributed by atoms with E-state index in [1.54, 1.807) is 0 Å². The maximum atomic E-state index is 11.8. The van der Waals surface area contributed by atoms with Gasteiger partial charge in [-0.3, -0.25) is 0 Å². The molecule has 2 amide bonds. The van der Waals surface area contributed by atoms with Crippen LogP contribution in [0.4, 0.5) is 10.5 Å². The Hall–Kier alpha value is -2.37. The molecule has 5 nitrogen and oxygen atoms in total. The minimum absolute atomic E-state index is 0.279. The number of benzene rings is 2.